The minimum Gasteiger partial charge on any atom is -0.507 e. The van der Waals surface area contributed by atoms with Crippen molar-refractivity contribution in [3.8, 4) is 56.3 Å². The lowest BCUT2D eigenvalue weighted by molar-refractivity contribution is 0.446. The first kappa shape index (κ1) is 35.1. The van der Waals surface area contributed by atoms with Gasteiger partial charge in [-0.25, -0.2) is 4.98 Å². The van der Waals surface area contributed by atoms with Crippen LogP contribution in [0.2, 0.25) is 19.6 Å². The Morgan fingerprint density at radius 3 is 1.94 bits per heavy atom. The summed E-state index contributed by atoms with van der Waals surface area (Å²) < 4.78 is 2.14. The number of hydrogen-bond donors (Lipinski definition) is 1. The molecule has 4 aromatic carbocycles. The van der Waals surface area contributed by atoms with Gasteiger partial charge in [-0.3, -0.25) is 14.5 Å². The largest absolute Gasteiger partial charge is 0.507 e. The van der Waals surface area contributed by atoms with E-state index in [2.05, 4.69) is 162 Å². The van der Waals surface area contributed by atoms with Gasteiger partial charge < -0.3 is 5.11 Å². The molecule has 0 saturated heterocycles. The van der Waals surface area contributed by atoms with Gasteiger partial charge in [-0.1, -0.05) is 128 Å². The van der Waals surface area contributed by atoms with E-state index in [1.807, 2.05) is 18.2 Å². The molecule has 0 unspecified atom stereocenters. The Morgan fingerprint density at radius 2 is 1.29 bits per heavy atom. The van der Waals surface area contributed by atoms with Gasteiger partial charge in [-0.05, 0) is 74.7 Å². The van der Waals surface area contributed by atoms with Crippen molar-refractivity contribution in [2.75, 3.05) is 0 Å². The first-order valence-electron chi connectivity index (χ1n) is 18.1. The average molecular weight is 701 g/mol. The third kappa shape index (κ3) is 6.59. The molecule has 3 aromatic heterocycles. The van der Waals surface area contributed by atoms with Crippen LogP contribution in [-0.2, 0) is 10.8 Å². The maximum atomic E-state index is 11.7. The Labute approximate surface area is 309 Å². The molecule has 0 aliphatic heterocycles. The molecule has 3 heterocycles. The van der Waals surface area contributed by atoms with Crippen molar-refractivity contribution in [3.05, 3.63) is 133 Å². The molecule has 7 rings (SSSR count). The second-order valence-electron chi connectivity index (χ2n) is 16.9. The molecule has 7 aromatic rings. The van der Waals surface area contributed by atoms with E-state index < -0.39 is 8.07 Å². The van der Waals surface area contributed by atoms with Gasteiger partial charge in [0.2, 0.25) is 0 Å². The second kappa shape index (κ2) is 13.0. The number of rotatable bonds is 6. The summed E-state index contributed by atoms with van der Waals surface area (Å²) in [6, 6.07) is 36.4. The second-order valence-corrected chi connectivity index (χ2v) is 21.9. The molecule has 0 atom stereocenters. The molecule has 0 spiro atoms. The van der Waals surface area contributed by atoms with Crippen LogP contribution in [0.25, 0.3) is 61.6 Å². The standard InChI is InChI=1S/C46H48N4OSi/c1-45(2,3)33-24-31(23-32(25-33)39-26-36(30-17-12-10-13-18-30)41(29-48-39)52(7,8)9)35-21-16-22-40-42(35)49-44(50(40)34-19-14-11-15-20-34)37-27-47-28-38(43(37)51)46(4,5)6/h10-29H,1-9H3,(H,47,51). The Bertz CT molecular complexity index is 2410. The number of aromatic hydroxyl groups is 1. The van der Waals surface area contributed by atoms with Gasteiger partial charge in [-0.15, -0.1) is 0 Å². The van der Waals surface area contributed by atoms with Crippen LogP contribution >= 0.6 is 0 Å². The molecular weight excluding hydrogens is 653 g/mol. The molecule has 52 heavy (non-hydrogen) atoms. The van der Waals surface area contributed by atoms with E-state index >= 15 is 0 Å². The highest BCUT2D eigenvalue weighted by molar-refractivity contribution is 6.89. The predicted molar refractivity (Wildman–Crippen MR) is 220 cm³/mol. The number of pyridine rings is 2. The lowest BCUT2D eigenvalue weighted by Gasteiger charge is -2.23. The molecule has 0 saturated carbocycles. The van der Waals surface area contributed by atoms with Gasteiger partial charge >= 0.3 is 0 Å². The smallest absolute Gasteiger partial charge is 0.151 e. The Kier molecular flexibility index (Phi) is 8.78. The predicted octanol–water partition coefficient (Wildman–Crippen LogP) is 11.3. The van der Waals surface area contributed by atoms with Crippen LogP contribution in [-0.4, -0.2) is 32.7 Å². The summed E-state index contributed by atoms with van der Waals surface area (Å²) in [5, 5.41) is 13.1. The monoisotopic (exact) mass is 700 g/mol. The number of fused-ring (bicyclic) bond motifs is 1. The van der Waals surface area contributed by atoms with Crippen LogP contribution in [0.1, 0.15) is 52.7 Å². The topological polar surface area (TPSA) is 63.8 Å². The van der Waals surface area contributed by atoms with Crippen LogP contribution in [0, 0.1) is 0 Å². The van der Waals surface area contributed by atoms with Gasteiger partial charge in [0.1, 0.15) is 5.75 Å². The van der Waals surface area contributed by atoms with Crippen molar-refractivity contribution in [1.82, 2.24) is 19.5 Å². The van der Waals surface area contributed by atoms with Crippen LogP contribution in [0.3, 0.4) is 0 Å². The van der Waals surface area contributed by atoms with Gasteiger partial charge in [-0.2, -0.15) is 0 Å². The third-order valence-electron chi connectivity index (χ3n) is 9.87. The highest BCUT2D eigenvalue weighted by Gasteiger charge is 2.27. The van der Waals surface area contributed by atoms with Crippen LogP contribution in [0.15, 0.2) is 122 Å². The van der Waals surface area contributed by atoms with E-state index in [1.54, 1.807) is 12.4 Å². The molecule has 0 amide bonds. The molecular formula is C46H48N4OSi. The molecule has 0 radical (unpaired) electrons. The van der Waals surface area contributed by atoms with Crippen molar-refractivity contribution in [1.29, 1.82) is 0 Å². The quantitative estimate of drug-likeness (QED) is 0.175. The van der Waals surface area contributed by atoms with Crippen LogP contribution in [0.4, 0.5) is 0 Å². The van der Waals surface area contributed by atoms with Gasteiger partial charge in [0, 0.05) is 41.0 Å². The van der Waals surface area contributed by atoms with Gasteiger partial charge in [0.15, 0.2) is 5.82 Å². The van der Waals surface area contributed by atoms with Crippen molar-refractivity contribution >= 4 is 24.3 Å². The average Bonchev–Trinajstić information content (AvgIpc) is 3.50. The fraction of sp³-hybridized carbons (Fsp3) is 0.239. The van der Waals surface area contributed by atoms with E-state index in [1.165, 1.54) is 21.9 Å². The SMILES string of the molecule is CC(C)(C)c1cc(-c2cc(-c3ccccc3)c([Si](C)(C)C)cn2)cc(-c2cccc3c2nc(-c2cncc(C(C)(C)C)c2O)n3-c2ccccc2)c1. The van der Waals surface area contributed by atoms with Crippen molar-refractivity contribution in [2.45, 2.75) is 72.0 Å². The minimum absolute atomic E-state index is 0.113. The number of aromatic nitrogens is 4. The van der Waals surface area contributed by atoms with Crippen LogP contribution in [0.5, 0.6) is 5.75 Å². The number of imidazole rings is 1. The minimum atomic E-state index is -1.69. The fourth-order valence-electron chi connectivity index (χ4n) is 6.95. The first-order valence-corrected chi connectivity index (χ1v) is 21.6. The molecule has 0 bridgehead atoms. The Balaban J connectivity index is 1.49. The Hall–Kier alpha value is -5.33. The van der Waals surface area contributed by atoms with E-state index in [9.17, 15) is 5.11 Å². The first-order chi connectivity index (χ1) is 24.6. The number of benzene rings is 4. The maximum Gasteiger partial charge on any atom is 0.151 e. The van der Waals surface area contributed by atoms with E-state index in [0.717, 1.165) is 44.7 Å². The van der Waals surface area contributed by atoms with Crippen molar-refractivity contribution in [2.24, 2.45) is 0 Å². The highest BCUT2D eigenvalue weighted by Crippen LogP contribution is 2.42. The lowest BCUT2D eigenvalue weighted by Crippen LogP contribution is -2.39. The van der Waals surface area contributed by atoms with E-state index in [4.69, 9.17) is 9.97 Å². The molecule has 262 valence electrons. The number of nitrogens with zero attached hydrogens (tertiary/aromatic N) is 4. The lowest BCUT2D eigenvalue weighted by atomic mass is 9.83. The van der Waals surface area contributed by atoms with Crippen molar-refractivity contribution in [3.63, 3.8) is 0 Å². The summed E-state index contributed by atoms with van der Waals surface area (Å²) in [7, 11) is -1.69. The maximum absolute atomic E-state index is 11.7. The molecule has 5 nitrogen and oxygen atoms in total. The molecule has 0 aliphatic carbocycles. The fourth-order valence-corrected chi connectivity index (χ4v) is 8.43. The van der Waals surface area contributed by atoms with Gasteiger partial charge in [0.25, 0.3) is 0 Å². The summed E-state index contributed by atoms with van der Waals surface area (Å²) in [4.78, 5) is 15.1. The van der Waals surface area contributed by atoms with Gasteiger partial charge in [0.05, 0.1) is 30.4 Å². The summed E-state index contributed by atoms with van der Waals surface area (Å²) in [5.74, 6) is 0.851. The summed E-state index contributed by atoms with van der Waals surface area (Å²) in [6.45, 7) is 20.2. The summed E-state index contributed by atoms with van der Waals surface area (Å²) in [6.07, 6.45) is 5.60. The number of hydrogen-bond acceptors (Lipinski definition) is 4. The van der Waals surface area contributed by atoms with E-state index in [-0.39, 0.29) is 16.6 Å². The molecule has 0 fully saturated rings. The third-order valence-corrected chi connectivity index (χ3v) is 11.9. The molecule has 1 N–H and O–H groups in total. The zero-order valence-electron chi connectivity index (χ0n) is 31.8. The molecule has 0 aliphatic rings. The molecule has 6 heteroatoms. The zero-order valence-corrected chi connectivity index (χ0v) is 32.8. The Morgan fingerprint density at radius 1 is 0.615 bits per heavy atom. The normalized spacial score (nSPS) is 12.4. The van der Waals surface area contributed by atoms with Crippen molar-refractivity contribution < 1.29 is 5.11 Å². The highest BCUT2D eigenvalue weighted by atomic mass is 28.3. The number of para-hydroxylation sites is 2. The zero-order chi connectivity index (χ0) is 37.0. The van der Waals surface area contributed by atoms with Crippen LogP contribution < -0.4 is 5.19 Å². The van der Waals surface area contributed by atoms with E-state index in [0.29, 0.717) is 11.4 Å². The summed E-state index contributed by atoms with van der Waals surface area (Å²) in [5.41, 5.74) is 11.5. The summed E-state index contributed by atoms with van der Waals surface area (Å²) >= 11 is 0.